The van der Waals surface area contributed by atoms with Crippen LogP contribution in [0.2, 0.25) is 0 Å². The number of aliphatic hydroxyl groups excluding tert-OH is 2. The Hall–Kier alpha value is -1.80. The average Bonchev–Trinajstić information content (AvgIpc) is 2.97. The summed E-state index contributed by atoms with van der Waals surface area (Å²) in [4.78, 5) is 0. The first-order chi connectivity index (χ1) is 16.8. The van der Waals surface area contributed by atoms with Crippen LogP contribution in [0.1, 0.15) is 79.1 Å². The molecule has 6 heteroatoms. The molecule has 2 fully saturated rings. The number of fused-ring (bicyclic) bond motifs is 1. The standard InChI is InChI=1S/C20H22O6.4C2H6/c21-11-15(22)17-18-16(24-20(25-17)14-9-5-2-6-10-14)12-23-19(26-18)13-7-3-1-4-8-13;4*1-2/h1-10,15-22H,11-12H2;4*1-2H3. The van der Waals surface area contributed by atoms with Gasteiger partial charge in [0.25, 0.3) is 0 Å². The zero-order valence-corrected chi connectivity index (χ0v) is 22.2. The normalized spacial score (nSPS) is 25.6. The Bertz CT molecular complexity index is 695. The molecule has 2 N–H and O–H groups in total. The van der Waals surface area contributed by atoms with Crippen LogP contribution in [0.4, 0.5) is 0 Å². The zero-order valence-electron chi connectivity index (χ0n) is 22.2. The third-order valence-corrected chi connectivity index (χ3v) is 4.67. The summed E-state index contributed by atoms with van der Waals surface area (Å²) in [7, 11) is 0. The Morgan fingerprint density at radius 2 is 1.18 bits per heavy atom. The lowest BCUT2D eigenvalue weighted by Crippen LogP contribution is -2.58. The van der Waals surface area contributed by atoms with Gasteiger partial charge in [-0.15, -0.1) is 0 Å². The molecule has 194 valence electrons. The van der Waals surface area contributed by atoms with E-state index in [1.165, 1.54) is 0 Å². The smallest absolute Gasteiger partial charge is 0.184 e. The molecule has 34 heavy (non-hydrogen) atoms. The fourth-order valence-corrected chi connectivity index (χ4v) is 3.33. The SMILES string of the molecule is CC.CC.CC.CC.OCC(O)C1OC(c2ccccc2)OC2COC(c3ccccc3)OC21. The molecule has 0 saturated carbocycles. The summed E-state index contributed by atoms with van der Waals surface area (Å²) in [6.45, 7) is 15.9. The Labute approximate surface area is 206 Å². The highest BCUT2D eigenvalue weighted by Gasteiger charge is 2.48. The van der Waals surface area contributed by atoms with Gasteiger partial charge in [0, 0.05) is 11.1 Å². The summed E-state index contributed by atoms with van der Waals surface area (Å²) in [5.74, 6) is 0. The second-order valence-corrected chi connectivity index (χ2v) is 6.44. The number of ether oxygens (including phenoxy) is 4. The molecule has 2 aromatic carbocycles. The van der Waals surface area contributed by atoms with Crippen molar-refractivity contribution in [2.75, 3.05) is 13.2 Å². The lowest BCUT2D eigenvalue weighted by atomic mass is 9.99. The number of aliphatic hydroxyl groups is 2. The van der Waals surface area contributed by atoms with Crippen LogP contribution in [-0.4, -0.2) is 47.8 Å². The minimum absolute atomic E-state index is 0.311. The van der Waals surface area contributed by atoms with Gasteiger partial charge < -0.3 is 29.2 Å². The van der Waals surface area contributed by atoms with Gasteiger partial charge in [0.1, 0.15) is 24.4 Å². The summed E-state index contributed by atoms with van der Waals surface area (Å²) in [6, 6.07) is 19.1. The van der Waals surface area contributed by atoms with Crippen molar-refractivity contribution in [1.29, 1.82) is 0 Å². The molecule has 6 unspecified atom stereocenters. The highest BCUT2D eigenvalue weighted by molar-refractivity contribution is 5.18. The number of hydrogen-bond acceptors (Lipinski definition) is 6. The highest BCUT2D eigenvalue weighted by Crippen LogP contribution is 2.38. The van der Waals surface area contributed by atoms with Gasteiger partial charge in [0.2, 0.25) is 0 Å². The molecule has 6 nitrogen and oxygen atoms in total. The maximum Gasteiger partial charge on any atom is 0.184 e. The van der Waals surface area contributed by atoms with Gasteiger partial charge in [-0.3, -0.25) is 0 Å². The topological polar surface area (TPSA) is 77.4 Å². The Morgan fingerprint density at radius 1 is 0.706 bits per heavy atom. The summed E-state index contributed by atoms with van der Waals surface area (Å²) in [5, 5.41) is 19.8. The molecular formula is C28H46O6. The van der Waals surface area contributed by atoms with Gasteiger partial charge >= 0.3 is 0 Å². The fourth-order valence-electron chi connectivity index (χ4n) is 3.33. The Balaban J connectivity index is 0.00000124. The van der Waals surface area contributed by atoms with E-state index in [1.807, 2.05) is 116 Å². The van der Waals surface area contributed by atoms with Crippen LogP contribution < -0.4 is 0 Å². The van der Waals surface area contributed by atoms with E-state index >= 15 is 0 Å². The van der Waals surface area contributed by atoms with Gasteiger partial charge in [-0.1, -0.05) is 116 Å². The molecule has 2 heterocycles. The van der Waals surface area contributed by atoms with Crippen molar-refractivity contribution < 1.29 is 29.2 Å². The van der Waals surface area contributed by atoms with E-state index in [9.17, 15) is 10.2 Å². The van der Waals surface area contributed by atoms with Crippen LogP contribution in [0.15, 0.2) is 60.7 Å². The van der Waals surface area contributed by atoms with E-state index in [1.54, 1.807) is 0 Å². The molecule has 2 aliphatic rings. The average molecular weight is 479 g/mol. The van der Waals surface area contributed by atoms with Crippen molar-refractivity contribution in [1.82, 2.24) is 0 Å². The molecule has 0 radical (unpaired) electrons. The van der Waals surface area contributed by atoms with Crippen molar-refractivity contribution in [2.24, 2.45) is 0 Å². The zero-order chi connectivity index (χ0) is 25.9. The van der Waals surface area contributed by atoms with Gasteiger partial charge in [-0.25, -0.2) is 0 Å². The minimum Gasteiger partial charge on any atom is -0.394 e. The van der Waals surface area contributed by atoms with E-state index in [-0.39, 0.29) is 0 Å². The van der Waals surface area contributed by atoms with E-state index < -0.39 is 43.6 Å². The molecule has 0 aromatic heterocycles. The first-order valence-electron chi connectivity index (χ1n) is 12.7. The summed E-state index contributed by atoms with van der Waals surface area (Å²) in [5.41, 5.74) is 1.72. The lowest BCUT2D eigenvalue weighted by molar-refractivity contribution is -0.373. The van der Waals surface area contributed by atoms with Gasteiger partial charge in [-0.05, 0) is 0 Å². The van der Waals surface area contributed by atoms with Crippen LogP contribution in [0, 0.1) is 0 Å². The molecule has 0 spiro atoms. The highest BCUT2D eigenvalue weighted by atomic mass is 16.8. The van der Waals surface area contributed by atoms with Crippen molar-refractivity contribution in [3.63, 3.8) is 0 Å². The maximum absolute atomic E-state index is 10.3. The van der Waals surface area contributed by atoms with Gasteiger partial charge in [-0.2, -0.15) is 0 Å². The Morgan fingerprint density at radius 3 is 1.65 bits per heavy atom. The molecule has 2 aliphatic heterocycles. The van der Waals surface area contributed by atoms with E-state index in [2.05, 4.69) is 0 Å². The monoisotopic (exact) mass is 478 g/mol. The van der Waals surface area contributed by atoms with Gasteiger partial charge in [0.05, 0.1) is 13.2 Å². The second kappa shape index (κ2) is 19.5. The summed E-state index contributed by atoms with van der Waals surface area (Å²) in [6.07, 6.45) is -3.96. The van der Waals surface area contributed by atoms with Crippen LogP contribution in [0.3, 0.4) is 0 Å². The molecular weight excluding hydrogens is 432 g/mol. The van der Waals surface area contributed by atoms with E-state index in [0.717, 1.165) is 11.1 Å². The minimum atomic E-state index is -1.08. The van der Waals surface area contributed by atoms with E-state index in [0.29, 0.717) is 6.61 Å². The molecule has 0 bridgehead atoms. The molecule has 2 saturated heterocycles. The van der Waals surface area contributed by atoms with Crippen LogP contribution >= 0.6 is 0 Å². The predicted molar refractivity (Wildman–Crippen MR) is 137 cm³/mol. The molecule has 2 aromatic rings. The summed E-state index contributed by atoms with van der Waals surface area (Å²) >= 11 is 0. The number of rotatable bonds is 4. The van der Waals surface area contributed by atoms with Crippen molar-refractivity contribution in [2.45, 2.75) is 92.4 Å². The molecule has 4 rings (SSSR count). The quantitative estimate of drug-likeness (QED) is 0.558. The largest absolute Gasteiger partial charge is 0.394 e. The van der Waals surface area contributed by atoms with E-state index in [4.69, 9.17) is 18.9 Å². The van der Waals surface area contributed by atoms with Crippen molar-refractivity contribution in [3.8, 4) is 0 Å². The number of hydrogen-bond donors (Lipinski definition) is 2. The molecule has 6 atom stereocenters. The van der Waals surface area contributed by atoms with Crippen LogP contribution in [0.5, 0.6) is 0 Å². The lowest BCUT2D eigenvalue weighted by Gasteiger charge is -2.47. The number of benzene rings is 2. The first-order valence-corrected chi connectivity index (χ1v) is 12.7. The van der Waals surface area contributed by atoms with Crippen molar-refractivity contribution in [3.05, 3.63) is 71.8 Å². The maximum atomic E-state index is 10.3. The van der Waals surface area contributed by atoms with Crippen molar-refractivity contribution >= 4 is 0 Å². The molecule has 0 aliphatic carbocycles. The third-order valence-electron chi connectivity index (χ3n) is 4.67. The van der Waals surface area contributed by atoms with Crippen LogP contribution in [0.25, 0.3) is 0 Å². The molecule has 0 amide bonds. The third kappa shape index (κ3) is 9.10. The predicted octanol–water partition coefficient (Wildman–Crippen LogP) is 6.04. The van der Waals surface area contributed by atoms with Gasteiger partial charge in [0.15, 0.2) is 12.6 Å². The summed E-state index contributed by atoms with van der Waals surface area (Å²) < 4.78 is 23.9. The van der Waals surface area contributed by atoms with Crippen LogP contribution in [-0.2, 0) is 18.9 Å². The second-order valence-electron chi connectivity index (χ2n) is 6.44. The Kier molecular flexibility index (Phi) is 18.5. The first kappa shape index (κ1) is 32.2. The fraction of sp³-hybridized carbons (Fsp3) is 0.571.